The van der Waals surface area contributed by atoms with Crippen molar-refractivity contribution < 1.29 is 4.79 Å². The van der Waals surface area contributed by atoms with E-state index in [0.717, 1.165) is 38.1 Å². The van der Waals surface area contributed by atoms with Crippen LogP contribution in [0, 0.1) is 0 Å². The number of anilines is 1. The summed E-state index contributed by atoms with van der Waals surface area (Å²) in [6, 6.07) is 19.7. The van der Waals surface area contributed by atoms with Gasteiger partial charge in [0.1, 0.15) is 0 Å². The first-order valence-corrected chi connectivity index (χ1v) is 8.88. The van der Waals surface area contributed by atoms with E-state index in [-0.39, 0.29) is 5.91 Å². The number of pyridine rings is 1. The van der Waals surface area contributed by atoms with Crippen molar-refractivity contribution in [3.8, 4) is 22.5 Å². The molecule has 0 spiro atoms. The smallest absolute Gasteiger partial charge is 0.221 e. The summed E-state index contributed by atoms with van der Waals surface area (Å²) in [5, 5.41) is 11.2. The van der Waals surface area contributed by atoms with Crippen molar-refractivity contribution in [1.29, 1.82) is 0 Å². The fourth-order valence-corrected chi connectivity index (χ4v) is 3.09. The summed E-state index contributed by atoms with van der Waals surface area (Å²) in [5.74, 6) is -0.0886. The number of aromatic amines is 1. The number of amides is 1. The lowest BCUT2D eigenvalue weighted by Gasteiger charge is -2.05. The Hall–Kier alpha value is -2.99. The van der Waals surface area contributed by atoms with E-state index in [1.807, 2.05) is 60.7 Å². The Morgan fingerprint density at radius 1 is 0.962 bits per heavy atom. The topological polar surface area (TPSA) is 70.7 Å². The van der Waals surface area contributed by atoms with Crippen LogP contribution in [0.5, 0.6) is 0 Å². The van der Waals surface area contributed by atoms with Gasteiger partial charge in [-0.25, -0.2) is 4.98 Å². The third kappa shape index (κ3) is 3.23. The Morgan fingerprint density at radius 2 is 1.65 bits per heavy atom. The minimum Gasteiger partial charge on any atom is -0.326 e. The highest BCUT2D eigenvalue weighted by Gasteiger charge is 2.10. The number of H-pyrrole nitrogens is 1. The molecule has 0 bridgehead atoms. The molecule has 2 heterocycles. The van der Waals surface area contributed by atoms with Crippen LogP contribution < -0.4 is 5.32 Å². The first kappa shape index (κ1) is 16.5. The first-order valence-electron chi connectivity index (χ1n) is 8.09. The molecule has 2 aromatic heterocycles. The van der Waals surface area contributed by atoms with Gasteiger partial charge in [0.25, 0.3) is 0 Å². The maximum absolute atomic E-state index is 11.1. The van der Waals surface area contributed by atoms with Crippen LogP contribution in [-0.2, 0) is 4.79 Å². The molecule has 1 amide bonds. The van der Waals surface area contributed by atoms with Gasteiger partial charge in [-0.15, -0.1) is 0 Å². The van der Waals surface area contributed by atoms with Crippen LogP contribution in [0.15, 0.2) is 65.1 Å². The van der Waals surface area contributed by atoms with Gasteiger partial charge in [-0.05, 0) is 36.4 Å². The molecule has 6 heteroatoms. The zero-order chi connectivity index (χ0) is 18.1. The number of fused-ring (bicyclic) bond motifs is 1. The summed E-state index contributed by atoms with van der Waals surface area (Å²) in [4.78, 5) is 15.8. The summed E-state index contributed by atoms with van der Waals surface area (Å²) < 4.78 is 1.04. The van der Waals surface area contributed by atoms with E-state index < -0.39 is 0 Å². The van der Waals surface area contributed by atoms with E-state index >= 15 is 0 Å². The predicted octanol–water partition coefficient (Wildman–Crippen LogP) is 5.01. The molecule has 0 radical (unpaired) electrons. The fourth-order valence-electron chi connectivity index (χ4n) is 2.82. The molecule has 5 nitrogen and oxygen atoms in total. The van der Waals surface area contributed by atoms with Crippen LogP contribution in [0.4, 0.5) is 5.69 Å². The minimum absolute atomic E-state index is 0.0886. The second kappa shape index (κ2) is 6.72. The van der Waals surface area contributed by atoms with Crippen molar-refractivity contribution in [3.63, 3.8) is 0 Å². The van der Waals surface area contributed by atoms with Crippen molar-refractivity contribution in [2.45, 2.75) is 6.92 Å². The highest BCUT2D eigenvalue weighted by atomic mass is 79.9. The molecule has 2 N–H and O–H groups in total. The molecule has 0 aliphatic carbocycles. The molecule has 26 heavy (non-hydrogen) atoms. The number of nitrogens with zero attached hydrogens (tertiary/aromatic N) is 2. The number of carbonyl (C=O) groups excluding carboxylic acids is 1. The van der Waals surface area contributed by atoms with Crippen LogP contribution in [0.1, 0.15) is 6.92 Å². The van der Waals surface area contributed by atoms with Crippen molar-refractivity contribution in [2.75, 3.05) is 5.32 Å². The SMILES string of the molecule is CC(=O)Nc1ccc(-c2ccc3c(-c4ccc(Br)cc4)[nH]nc3n2)cc1. The lowest BCUT2D eigenvalue weighted by molar-refractivity contribution is -0.114. The molecule has 0 atom stereocenters. The Balaban J connectivity index is 1.68. The van der Waals surface area contributed by atoms with Crippen molar-refractivity contribution in [3.05, 3.63) is 65.1 Å². The standard InChI is InChI=1S/C20H15BrN4O/c1-12(26)22-16-8-4-13(5-9-16)18-11-10-17-19(24-25-20(17)23-18)14-2-6-15(21)7-3-14/h2-11H,1H3,(H,22,26)(H,23,24,25). The Morgan fingerprint density at radius 3 is 2.35 bits per heavy atom. The maximum atomic E-state index is 11.1. The molecule has 0 unspecified atom stereocenters. The Labute approximate surface area is 158 Å². The van der Waals surface area contributed by atoms with Gasteiger partial charge in [-0.2, -0.15) is 5.10 Å². The van der Waals surface area contributed by atoms with E-state index in [0.29, 0.717) is 5.65 Å². The van der Waals surface area contributed by atoms with Crippen LogP contribution >= 0.6 is 15.9 Å². The minimum atomic E-state index is -0.0886. The zero-order valence-electron chi connectivity index (χ0n) is 14.0. The van der Waals surface area contributed by atoms with Gasteiger partial charge < -0.3 is 5.32 Å². The lowest BCUT2D eigenvalue weighted by atomic mass is 10.1. The van der Waals surface area contributed by atoms with E-state index in [2.05, 4.69) is 36.4 Å². The lowest BCUT2D eigenvalue weighted by Crippen LogP contribution is -2.05. The second-order valence-electron chi connectivity index (χ2n) is 5.93. The number of benzene rings is 2. The van der Waals surface area contributed by atoms with Gasteiger partial charge in [-0.3, -0.25) is 9.89 Å². The van der Waals surface area contributed by atoms with E-state index in [1.165, 1.54) is 6.92 Å². The van der Waals surface area contributed by atoms with Crippen LogP contribution in [0.2, 0.25) is 0 Å². The van der Waals surface area contributed by atoms with Gasteiger partial charge in [0, 0.05) is 33.6 Å². The highest BCUT2D eigenvalue weighted by Crippen LogP contribution is 2.29. The van der Waals surface area contributed by atoms with E-state index in [1.54, 1.807) is 0 Å². The molecule has 4 aromatic rings. The average molecular weight is 407 g/mol. The second-order valence-corrected chi connectivity index (χ2v) is 6.85. The maximum Gasteiger partial charge on any atom is 0.221 e. The molecule has 4 rings (SSSR count). The highest BCUT2D eigenvalue weighted by molar-refractivity contribution is 9.10. The number of hydrogen-bond acceptors (Lipinski definition) is 3. The third-order valence-corrected chi connectivity index (χ3v) is 4.58. The van der Waals surface area contributed by atoms with Gasteiger partial charge in [0.15, 0.2) is 5.65 Å². The number of nitrogens with one attached hydrogen (secondary N) is 2. The van der Waals surface area contributed by atoms with E-state index in [4.69, 9.17) is 0 Å². The molecule has 2 aromatic carbocycles. The summed E-state index contributed by atoms with van der Waals surface area (Å²) in [5.41, 5.74) is 5.25. The fraction of sp³-hybridized carbons (Fsp3) is 0.0500. The molecule has 0 saturated heterocycles. The van der Waals surface area contributed by atoms with Gasteiger partial charge in [0.05, 0.1) is 11.4 Å². The molecular formula is C20H15BrN4O. The zero-order valence-corrected chi connectivity index (χ0v) is 15.5. The number of rotatable bonds is 3. The Kier molecular flexibility index (Phi) is 4.26. The summed E-state index contributed by atoms with van der Waals surface area (Å²) in [6.07, 6.45) is 0. The molecule has 0 saturated carbocycles. The first-order chi connectivity index (χ1) is 12.6. The number of carbonyl (C=O) groups is 1. The quantitative estimate of drug-likeness (QED) is 0.502. The van der Waals surface area contributed by atoms with E-state index in [9.17, 15) is 4.79 Å². The van der Waals surface area contributed by atoms with Crippen molar-refractivity contribution in [1.82, 2.24) is 15.2 Å². The van der Waals surface area contributed by atoms with Gasteiger partial charge in [0.2, 0.25) is 5.91 Å². The number of aromatic nitrogens is 3. The predicted molar refractivity (Wildman–Crippen MR) is 107 cm³/mol. The van der Waals surface area contributed by atoms with Gasteiger partial charge in [-0.1, -0.05) is 40.2 Å². The molecule has 0 aliphatic rings. The van der Waals surface area contributed by atoms with Crippen LogP contribution in [0.25, 0.3) is 33.5 Å². The normalized spacial score (nSPS) is 10.8. The summed E-state index contributed by atoms with van der Waals surface area (Å²) >= 11 is 3.45. The number of hydrogen-bond donors (Lipinski definition) is 2. The van der Waals surface area contributed by atoms with Crippen molar-refractivity contribution >= 4 is 38.6 Å². The van der Waals surface area contributed by atoms with Crippen molar-refractivity contribution in [2.24, 2.45) is 0 Å². The largest absolute Gasteiger partial charge is 0.326 e. The van der Waals surface area contributed by atoms with Gasteiger partial charge >= 0.3 is 0 Å². The molecule has 128 valence electrons. The summed E-state index contributed by atoms with van der Waals surface area (Å²) in [6.45, 7) is 1.49. The summed E-state index contributed by atoms with van der Waals surface area (Å²) in [7, 11) is 0. The monoisotopic (exact) mass is 406 g/mol. The molecular weight excluding hydrogens is 392 g/mol. The number of halogens is 1. The average Bonchev–Trinajstić information content (AvgIpc) is 3.06. The Bertz CT molecular complexity index is 1090. The molecule has 0 aliphatic heterocycles. The van der Waals surface area contributed by atoms with Crippen LogP contribution in [0.3, 0.4) is 0 Å². The van der Waals surface area contributed by atoms with Crippen LogP contribution in [-0.4, -0.2) is 21.1 Å². The molecule has 0 fully saturated rings. The third-order valence-electron chi connectivity index (χ3n) is 4.05.